The van der Waals surface area contributed by atoms with Gasteiger partial charge in [0.05, 0.1) is 11.7 Å². The summed E-state index contributed by atoms with van der Waals surface area (Å²) >= 11 is 5.31. The van der Waals surface area contributed by atoms with Gasteiger partial charge in [-0.3, -0.25) is 0 Å². The fourth-order valence-electron chi connectivity index (χ4n) is 2.67. The number of halogens is 6. The van der Waals surface area contributed by atoms with E-state index in [1.54, 1.807) is 12.2 Å². The summed E-state index contributed by atoms with van der Waals surface area (Å²) in [7, 11) is -2.78. The van der Waals surface area contributed by atoms with Crippen molar-refractivity contribution in [1.29, 1.82) is 0 Å². The standard InChI is InChI=1S/C23H29N3O.C2H3F3OS2.CHF3S/c1-4-7-13-24-21-14-22(25-19(6-3)8-5-2)16-23(15-21)26-20-11-9-18(17-27)10-12-20;3-2(4,5)8(6)1-7;2-1(3,4)5/h5-6,8-12,14-16,24-27H,2-4,7,13,17H2,1H3;7H,1H2;5H/b19-8+;;. The summed E-state index contributed by atoms with van der Waals surface area (Å²) in [5.74, 6) is 0. The summed E-state index contributed by atoms with van der Waals surface area (Å²) in [6, 6.07) is 14.0. The first-order valence-electron chi connectivity index (χ1n) is 11.6. The molecule has 2 rings (SSSR count). The zero-order valence-electron chi connectivity index (χ0n) is 21.6. The summed E-state index contributed by atoms with van der Waals surface area (Å²) in [5.41, 5.74) is -3.19. The Morgan fingerprint density at radius 3 is 1.98 bits per heavy atom. The second-order valence-corrected chi connectivity index (χ2v) is 10.3. The largest absolute Gasteiger partial charge is 0.472 e. The molecule has 0 fully saturated rings. The second-order valence-electron chi connectivity index (χ2n) is 7.63. The highest BCUT2D eigenvalue weighted by atomic mass is 32.2. The Morgan fingerprint density at radius 2 is 1.55 bits per heavy atom. The predicted octanol–water partition coefficient (Wildman–Crippen LogP) is 8.38. The number of aliphatic hydroxyl groups is 1. The lowest BCUT2D eigenvalue weighted by Gasteiger charge is -2.15. The summed E-state index contributed by atoms with van der Waals surface area (Å²) in [6.45, 7) is 10.7. The maximum Gasteiger partial charge on any atom is 0.472 e. The van der Waals surface area contributed by atoms with E-state index in [-0.39, 0.29) is 6.61 Å². The second kappa shape index (κ2) is 19.5. The predicted molar refractivity (Wildman–Crippen MR) is 161 cm³/mol. The number of hydrogen-bond donors (Lipinski definition) is 6. The van der Waals surface area contributed by atoms with Crippen LogP contribution in [0, 0.1) is 0 Å². The van der Waals surface area contributed by atoms with Crippen LogP contribution in [-0.4, -0.2) is 32.0 Å². The lowest BCUT2D eigenvalue weighted by Crippen LogP contribution is -2.16. The third kappa shape index (κ3) is 18.7. The van der Waals surface area contributed by atoms with E-state index in [2.05, 4.69) is 73.4 Å². The molecule has 0 saturated heterocycles. The van der Waals surface area contributed by atoms with Crippen LogP contribution in [-0.2, 0) is 17.4 Å². The monoisotopic (exact) mass is 629 g/mol. The van der Waals surface area contributed by atoms with E-state index < -0.39 is 26.9 Å². The molecule has 224 valence electrons. The minimum Gasteiger partial charge on any atom is -0.392 e. The van der Waals surface area contributed by atoms with Gasteiger partial charge >= 0.3 is 11.0 Å². The van der Waals surface area contributed by atoms with Gasteiger partial charge in [0.2, 0.25) is 0 Å². The lowest BCUT2D eigenvalue weighted by atomic mass is 10.2. The molecule has 14 heteroatoms. The molecular weight excluding hydrogens is 596 g/mol. The minimum atomic E-state index is -4.60. The van der Waals surface area contributed by atoms with Gasteiger partial charge in [-0.25, -0.2) is 4.21 Å². The maximum atomic E-state index is 11.1. The highest BCUT2D eigenvalue weighted by molar-refractivity contribution is 8.00. The van der Waals surface area contributed by atoms with E-state index in [4.69, 9.17) is 0 Å². The van der Waals surface area contributed by atoms with E-state index in [0.717, 1.165) is 53.4 Å². The normalized spacial score (nSPS) is 12.1. The van der Waals surface area contributed by atoms with Crippen LogP contribution >= 0.6 is 25.3 Å². The zero-order chi connectivity index (χ0) is 30.8. The van der Waals surface area contributed by atoms with Crippen LogP contribution in [0.5, 0.6) is 0 Å². The SMILES string of the molecule is C=C/C=C(\C=C)Nc1cc(NCCCC)cc(Nc2ccc(CO)cc2)c1.FC(F)(F)S.O=S(CS)C(F)(F)F. The summed E-state index contributed by atoms with van der Waals surface area (Å²) in [5, 5.41) is 18.8. The quantitative estimate of drug-likeness (QED) is 0.0616. The molecule has 1 atom stereocenters. The fraction of sp³-hybridized carbons (Fsp3) is 0.308. The Hall–Kier alpha value is -2.55. The van der Waals surface area contributed by atoms with Crippen molar-refractivity contribution in [3.05, 3.63) is 85.1 Å². The van der Waals surface area contributed by atoms with Gasteiger partial charge in [0.15, 0.2) is 0 Å². The maximum absolute atomic E-state index is 11.1. The van der Waals surface area contributed by atoms with Crippen LogP contribution in [0.25, 0.3) is 0 Å². The molecule has 0 heterocycles. The molecule has 40 heavy (non-hydrogen) atoms. The van der Waals surface area contributed by atoms with Gasteiger partial charge in [0, 0.05) is 35.0 Å². The molecule has 0 amide bonds. The molecule has 2 aromatic rings. The van der Waals surface area contributed by atoms with E-state index in [0.29, 0.717) is 0 Å². The van der Waals surface area contributed by atoms with E-state index in [9.17, 15) is 35.7 Å². The van der Waals surface area contributed by atoms with Crippen LogP contribution < -0.4 is 16.0 Å². The van der Waals surface area contributed by atoms with Crippen molar-refractivity contribution in [2.24, 2.45) is 0 Å². The van der Waals surface area contributed by atoms with Crippen molar-refractivity contribution in [2.45, 2.75) is 37.4 Å². The molecule has 0 aromatic heterocycles. The molecule has 1 unspecified atom stereocenters. The van der Waals surface area contributed by atoms with Crippen molar-refractivity contribution in [2.75, 3.05) is 27.6 Å². The topological polar surface area (TPSA) is 73.4 Å². The number of aliphatic hydroxyl groups excluding tert-OH is 1. The Kier molecular flexibility index (Phi) is 18.3. The van der Waals surface area contributed by atoms with E-state index in [1.165, 1.54) is 0 Å². The van der Waals surface area contributed by atoms with Crippen molar-refractivity contribution in [3.63, 3.8) is 0 Å². The first-order chi connectivity index (χ1) is 18.7. The number of nitrogens with one attached hydrogen (secondary N) is 3. The van der Waals surface area contributed by atoms with Gasteiger partial charge in [0.1, 0.15) is 10.8 Å². The Bertz CT molecular complexity index is 1090. The number of hydrogen-bond acceptors (Lipinski definition) is 7. The fourth-order valence-corrected chi connectivity index (χ4v) is 3.26. The van der Waals surface area contributed by atoms with Crippen molar-refractivity contribution >= 4 is 58.8 Å². The molecule has 0 spiro atoms. The van der Waals surface area contributed by atoms with Gasteiger partial charge < -0.3 is 21.1 Å². The van der Waals surface area contributed by atoms with Gasteiger partial charge in [-0.05, 0) is 54.5 Å². The van der Waals surface area contributed by atoms with E-state index >= 15 is 0 Å². The first-order valence-corrected chi connectivity index (χ1v) is 14.0. The molecule has 5 nitrogen and oxygen atoms in total. The smallest absolute Gasteiger partial charge is 0.392 e. The number of unbranched alkanes of at least 4 members (excludes halogenated alkanes) is 1. The summed E-state index contributed by atoms with van der Waals surface area (Å²) in [4.78, 5) is 0. The van der Waals surface area contributed by atoms with E-state index in [1.807, 2.05) is 36.4 Å². The van der Waals surface area contributed by atoms with Crippen molar-refractivity contribution < 1.29 is 35.7 Å². The number of anilines is 4. The zero-order valence-corrected chi connectivity index (χ0v) is 24.3. The summed E-state index contributed by atoms with van der Waals surface area (Å²) in [6.07, 6.45) is 7.65. The number of allylic oxidation sites excluding steroid dienone is 3. The van der Waals surface area contributed by atoms with Gasteiger partial charge in [-0.1, -0.05) is 57.3 Å². The Labute approximate surface area is 244 Å². The third-order valence-electron chi connectivity index (χ3n) is 4.40. The highest BCUT2D eigenvalue weighted by Gasteiger charge is 2.35. The molecule has 0 saturated carbocycles. The van der Waals surface area contributed by atoms with Crippen molar-refractivity contribution in [1.82, 2.24) is 0 Å². The number of benzene rings is 2. The molecule has 0 radical (unpaired) electrons. The lowest BCUT2D eigenvalue weighted by molar-refractivity contribution is -0.0381. The third-order valence-corrected chi connectivity index (χ3v) is 5.85. The van der Waals surface area contributed by atoms with Crippen molar-refractivity contribution in [3.8, 4) is 0 Å². The molecule has 2 aromatic carbocycles. The van der Waals surface area contributed by atoms with Gasteiger partial charge in [-0.2, -0.15) is 39.0 Å². The van der Waals surface area contributed by atoms with Crippen LogP contribution in [0.3, 0.4) is 0 Å². The average Bonchev–Trinajstić information content (AvgIpc) is 2.87. The average molecular weight is 630 g/mol. The minimum absolute atomic E-state index is 0.0468. The number of rotatable bonds is 12. The first kappa shape index (κ1) is 37.5. The molecular formula is C26H33F6N3O2S3. The van der Waals surface area contributed by atoms with Gasteiger partial charge in [-0.15, -0.1) is 0 Å². The Morgan fingerprint density at radius 1 is 1.00 bits per heavy atom. The van der Waals surface area contributed by atoms with Crippen LogP contribution in [0.15, 0.2) is 79.5 Å². The van der Waals surface area contributed by atoms with Crippen LogP contribution in [0.4, 0.5) is 49.1 Å². The summed E-state index contributed by atoms with van der Waals surface area (Å²) < 4.78 is 73.7. The molecule has 0 bridgehead atoms. The van der Waals surface area contributed by atoms with Crippen LogP contribution in [0.2, 0.25) is 0 Å². The number of alkyl halides is 6. The Balaban J connectivity index is 0.000000970. The molecule has 4 N–H and O–H groups in total. The van der Waals surface area contributed by atoms with Gasteiger partial charge in [0.25, 0.3) is 0 Å². The molecule has 0 aliphatic rings. The number of thiol groups is 2. The highest BCUT2D eigenvalue weighted by Crippen LogP contribution is 2.27. The van der Waals surface area contributed by atoms with Crippen LogP contribution in [0.1, 0.15) is 25.3 Å². The molecule has 0 aliphatic heterocycles. The molecule has 0 aliphatic carbocycles.